The number of ether oxygens (including phenoxy) is 2. The second-order valence-electron chi connectivity index (χ2n) is 10.4. The normalized spacial score (nSPS) is 11.2. The molecule has 0 saturated heterocycles. The van der Waals surface area contributed by atoms with E-state index in [2.05, 4.69) is 20.9 Å². The van der Waals surface area contributed by atoms with Crippen molar-refractivity contribution < 1.29 is 23.5 Å². The van der Waals surface area contributed by atoms with Gasteiger partial charge in [0.2, 0.25) is 5.91 Å². The van der Waals surface area contributed by atoms with E-state index in [1.54, 1.807) is 59.4 Å². The van der Waals surface area contributed by atoms with Gasteiger partial charge in [0.15, 0.2) is 0 Å². The van der Waals surface area contributed by atoms with Crippen LogP contribution in [0.2, 0.25) is 0 Å². The predicted molar refractivity (Wildman–Crippen MR) is 155 cm³/mol. The number of pyridine rings is 1. The molecule has 0 unspecified atom stereocenters. The van der Waals surface area contributed by atoms with Crippen LogP contribution >= 0.6 is 0 Å². The largest absolute Gasteiger partial charge is 0.457 e. The molecular weight excluding hydrogens is 527 g/mol. The highest BCUT2D eigenvalue weighted by Gasteiger charge is 2.22. The molecule has 0 atom stereocenters. The van der Waals surface area contributed by atoms with Crippen molar-refractivity contribution in [1.29, 1.82) is 0 Å². The van der Waals surface area contributed by atoms with Gasteiger partial charge < -0.3 is 20.1 Å². The van der Waals surface area contributed by atoms with Gasteiger partial charge in [0.25, 0.3) is 0 Å². The molecule has 214 valence electrons. The maximum absolute atomic E-state index is 14.8. The third-order valence-electron chi connectivity index (χ3n) is 5.94. The van der Waals surface area contributed by atoms with Crippen LogP contribution in [0.1, 0.15) is 38.6 Å². The average molecular weight is 561 g/mol. The molecule has 0 aliphatic carbocycles. The second-order valence-corrected chi connectivity index (χ2v) is 10.4. The Morgan fingerprint density at radius 1 is 0.951 bits per heavy atom. The van der Waals surface area contributed by atoms with Crippen LogP contribution < -0.4 is 20.7 Å². The standard InChI is InChI=1S/C30H33FN6O4/c1-19-16-23(12-14-32-19)41-22-10-11-25(24(31)17-22)34-29(39)35-27-18-26(30(2,3)4)36-37(27)21-8-6-20(7-9-21)33-28(38)13-15-40-5/h6-12,14,16-18H,13,15H2,1-5H3,(H,33,38)(H2,34,35,39). The Morgan fingerprint density at radius 3 is 2.34 bits per heavy atom. The Balaban J connectivity index is 1.49. The zero-order valence-corrected chi connectivity index (χ0v) is 23.6. The Kier molecular flexibility index (Phi) is 8.98. The summed E-state index contributed by atoms with van der Waals surface area (Å²) < 4.78 is 27.1. The highest BCUT2D eigenvalue weighted by atomic mass is 19.1. The first-order chi connectivity index (χ1) is 19.5. The quantitative estimate of drug-likeness (QED) is 0.217. The first-order valence-corrected chi connectivity index (χ1v) is 13.0. The van der Waals surface area contributed by atoms with Gasteiger partial charge in [-0.25, -0.2) is 13.9 Å². The third-order valence-corrected chi connectivity index (χ3v) is 5.94. The van der Waals surface area contributed by atoms with Crippen LogP contribution in [0.4, 0.5) is 26.4 Å². The van der Waals surface area contributed by atoms with Gasteiger partial charge in [-0.15, -0.1) is 0 Å². The minimum Gasteiger partial charge on any atom is -0.457 e. The second kappa shape index (κ2) is 12.6. The third kappa shape index (κ3) is 7.89. The zero-order valence-electron chi connectivity index (χ0n) is 23.6. The summed E-state index contributed by atoms with van der Waals surface area (Å²) in [5.74, 6) is 0.380. The van der Waals surface area contributed by atoms with Crippen molar-refractivity contribution in [2.45, 2.75) is 39.5 Å². The zero-order chi connectivity index (χ0) is 29.6. The van der Waals surface area contributed by atoms with E-state index in [-0.39, 0.29) is 29.2 Å². The van der Waals surface area contributed by atoms with Crippen molar-refractivity contribution in [2.24, 2.45) is 0 Å². The van der Waals surface area contributed by atoms with Crippen molar-refractivity contribution in [3.05, 3.63) is 84.1 Å². The number of nitrogens with one attached hydrogen (secondary N) is 3. The van der Waals surface area contributed by atoms with Crippen molar-refractivity contribution in [1.82, 2.24) is 14.8 Å². The molecule has 0 saturated carbocycles. The first kappa shape index (κ1) is 29.2. The Hall–Kier alpha value is -4.77. The van der Waals surface area contributed by atoms with E-state index in [0.717, 1.165) is 11.4 Å². The van der Waals surface area contributed by atoms with Gasteiger partial charge in [0.1, 0.15) is 23.1 Å². The number of benzene rings is 2. The molecular formula is C30H33FN6O4. The molecule has 10 nitrogen and oxygen atoms in total. The van der Waals surface area contributed by atoms with Crippen LogP contribution in [-0.4, -0.2) is 40.4 Å². The molecule has 4 aromatic rings. The number of aryl methyl sites for hydroxylation is 1. The number of hydrogen-bond acceptors (Lipinski definition) is 6. The molecule has 11 heteroatoms. The summed E-state index contributed by atoms with van der Waals surface area (Å²) in [4.78, 5) is 29.0. The molecule has 0 radical (unpaired) electrons. The van der Waals surface area contributed by atoms with Crippen LogP contribution in [-0.2, 0) is 14.9 Å². The van der Waals surface area contributed by atoms with Crippen molar-refractivity contribution >= 4 is 29.1 Å². The van der Waals surface area contributed by atoms with Gasteiger partial charge in [-0.2, -0.15) is 5.10 Å². The molecule has 2 heterocycles. The van der Waals surface area contributed by atoms with Gasteiger partial charge in [-0.1, -0.05) is 20.8 Å². The number of carbonyl (C=O) groups is 2. The SMILES string of the molecule is COCCC(=O)Nc1ccc(-n2nc(C(C)(C)C)cc2NC(=O)Nc2ccc(Oc3ccnc(C)c3)cc2F)cc1. The topological polar surface area (TPSA) is 119 Å². The van der Waals surface area contributed by atoms with E-state index < -0.39 is 11.8 Å². The summed E-state index contributed by atoms with van der Waals surface area (Å²) >= 11 is 0. The van der Waals surface area contributed by atoms with Crippen LogP contribution in [0, 0.1) is 12.7 Å². The van der Waals surface area contributed by atoms with E-state index in [4.69, 9.17) is 14.6 Å². The monoisotopic (exact) mass is 560 g/mol. The van der Waals surface area contributed by atoms with Gasteiger partial charge in [0.05, 0.1) is 30.1 Å². The molecule has 0 aliphatic heterocycles. The fraction of sp³-hybridized carbons (Fsp3) is 0.267. The Labute approximate surface area is 237 Å². The number of methoxy groups -OCH3 is 1. The summed E-state index contributed by atoms with van der Waals surface area (Å²) in [5.41, 5.74) is 2.47. The number of carbonyl (C=O) groups excluding carboxylic acids is 2. The molecule has 0 aliphatic rings. The smallest absolute Gasteiger partial charge is 0.324 e. The van der Waals surface area contributed by atoms with Crippen LogP contribution in [0.5, 0.6) is 11.5 Å². The number of anilines is 3. The maximum atomic E-state index is 14.8. The Bertz CT molecular complexity index is 1530. The molecule has 0 fully saturated rings. The van der Waals surface area contributed by atoms with Gasteiger partial charge in [-0.3, -0.25) is 15.1 Å². The fourth-order valence-electron chi connectivity index (χ4n) is 3.79. The number of rotatable bonds is 9. The fourth-order valence-corrected chi connectivity index (χ4v) is 3.79. The summed E-state index contributed by atoms with van der Waals surface area (Å²) in [6, 6.07) is 15.8. The van der Waals surface area contributed by atoms with E-state index in [0.29, 0.717) is 29.5 Å². The number of aromatic nitrogens is 3. The summed E-state index contributed by atoms with van der Waals surface area (Å²) in [6.45, 7) is 8.18. The number of hydrogen-bond donors (Lipinski definition) is 3. The van der Waals surface area contributed by atoms with Crippen molar-refractivity contribution in [3.8, 4) is 17.2 Å². The molecule has 2 aromatic heterocycles. The van der Waals surface area contributed by atoms with Crippen LogP contribution in [0.15, 0.2) is 66.9 Å². The van der Waals surface area contributed by atoms with E-state index in [1.165, 1.54) is 19.2 Å². The summed E-state index contributed by atoms with van der Waals surface area (Å²) in [7, 11) is 1.54. The van der Waals surface area contributed by atoms with Crippen LogP contribution in [0.3, 0.4) is 0 Å². The molecule has 0 spiro atoms. The first-order valence-electron chi connectivity index (χ1n) is 13.0. The molecule has 4 rings (SSSR count). The van der Waals surface area contributed by atoms with Crippen molar-refractivity contribution in [3.63, 3.8) is 0 Å². The highest BCUT2D eigenvalue weighted by Crippen LogP contribution is 2.28. The number of amides is 3. The Morgan fingerprint density at radius 2 is 1.68 bits per heavy atom. The number of urea groups is 1. The average Bonchev–Trinajstić information content (AvgIpc) is 3.34. The van der Waals surface area contributed by atoms with E-state index in [1.807, 2.05) is 27.7 Å². The summed E-state index contributed by atoms with van der Waals surface area (Å²) in [5, 5.41) is 12.8. The van der Waals surface area contributed by atoms with Crippen LogP contribution in [0.25, 0.3) is 5.69 Å². The molecule has 2 aromatic carbocycles. The maximum Gasteiger partial charge on any atom is 0.324 e. The lowest BCUT2D eigenvalue weighted by Crippen LogP contribution is -2.22. The lowest BCUT2D eigenvalue weighted by atomic mass is 9.92. The molecule has 41 heavy (non-hydrogen) atoms. The lowest BCUT2D eigenvalue weighted by molar-refractivity contribution is -0.117. The molecule has 3 amide bonds. The van der Waals surface area contributed by atoms with E-state index >= 15 is 0 Å². The highest BCUT2D eigenvalue weighted by molar-refractivity contribution is 5.99. The lowest BCUT2D eigenvalue weighted by Gasteiger charge is -2.14. The number of halogens is 1. The summed E-state index contributed by atoms with van der Waals surface area (Å²) in [6.07, 6.45) is 1.85. The minimum atomic E-state index is -0.657. The van der Waals surface area contributed by atoms with E-state index in [9.17, 15) is 14.0 Å². The van der Waals surface area contributed by atoms with Crippen molar-refractivity contribution in [2.75, 3.05) is 29.7 Å². The van der Waals surface area contributed by atoms with Gasteiger partial charge in [-0.05, 0) is 49.4 Å². The minimum absolute atomic E-state index is 0.0172. The predicted octanol–water partition coefficient (Wildman–Crippen LogP) is 6.42. The molecule has 3 N–H and O–H groups in total. The van der Waals surface area contributed by atoms with Gasteiger partial charge >= 0.3 is 6.03 Å². The van der Waals surface area contributed by atoms with Gasteiger partial charge in [0, 0.05) is 48.3 Å². The molecule has 0 bridgehead atoms. The number of nitrogens with zero attached hydrogens (tertiary/aromatic N) is 3.